The molecule has 0 bridgehead atoms. The van der Waals surface area contributed by atoms with Gasteiger partial charge in [0.05, 0.1) is 6.04 Å². The Labute approximate surface area is 95.1 Å². The van der Waals surface area contributed by atoms with Gasteiger partial charge in [-0.05, 0) is 24.1 Å². The van der Waals surface area contributed by atoms with Crippen LogP contribution in [0.4, 0.5) is 5.82 Å². The van der Waals surface area contributed by atoms with Crippen LogP contribution in [0.5, 0.6) is 0 Å². The SMILES string of the molecule is Cc1cnc(N)c(C(N)c2ccccc2)c1. The highest BCUT2D eigenvalue weighted by Gasteiger charge is 2.12. The summed E-state index contributed by atoms with van der Waals surface area (Å²) in [5.41, 5.74) is 15.0. The van der Waals surface area contributed by atoms with Crippen LogP contribution >= 0.6 is 0 Å². The second-order valence-corrected chi connectivity index (χ2v) is 3.88. The van der Waals surface area contributed by atoms with Crippen molar-refractivity contribution in [3.8, 4) is 0 Å². The van der Waals surface area contributed by atoms with Gasteiger partial charge in [0, 0.05) is 11.8 Å². The van der Waals surface area contributed by atoms with Crippen LogP contribution in [-0.2, 0) is 0 Å². The van der Waals surface area contributed by atoms with Crippen molar-refractivity contribution in [1.82, 2.24) is 4.98 Å². The third-order valence-electron chi connectivity index (χ3n) is 2.58. The first-order valence-electron chi connectivity index (χ1n) is 5.21. The van der Waals surface area contributed by atoms with Crippen molar-refractivity contribution in [3.63, 3.8) is 0 Å². The van der Waals surface area contributed by atoms with Crippen LogP contribution in [0.1, 0.15) is 22.7 Å². The van der Waals surface area contributed by atoms with Crippen LogP contribution < -0.4 is 11.5 Å². The maximum Gasteiger partial charge on any atom is 0.128 e. The van der Waals surface area contributed by atoms with Gasteiger partial charge in [0.2, 0.25) is 0 Å². The lowest BCUT2D eigenvalue weighted by molar-refractivity contribution is 0.865. The van der Waals surface area contributed by atoms with Crippen LogP contribution in [-0.4, -0.2) is 4.98 Å². The molecular weight excluding hydrogens is 198 g/mol. The first-order valence-corrected chi connectivity index (χ1v) is 5.21. The number of nitrogen functional groups attached to an aromatic ring is 1. The minimum atomic E-state index is -0.214. The Bertz CT molecular complexity index is 480. The van der Waals surface area contributed by atoms with Gasteiger partial charge in [0.25, 0.3) is 0 Å². The second kappa shape index (κ2) is 4.33. The summed E-state index contributed by atoms with van der Waals surface area (Å²) in [4.78, 5) is 4.12. The average Bonchev–Trinajstić information content (AvgIpc) is 2.32. The molecule has 0 aliphatic heterocycles. The standard InChI is InChI=1S/C13H15N3/c1-9-7-11(13(15)16-8-9)12(14)10-5-3-2-4-6-10/h2-8,12H,14H2,1H3,(H2,15,16). The maximum absolute atomic E-state index is 6.17. The van der Waals surface area contributed by atoms with Crippen LogP contribution in [0.15, 0.2) is 42.6 Å². The number of anilines is 1. The van der Waals surface area contributed by atoms with Crippen molar-refractivity contribution in [1.29, 1.82) is 0 Å². The van der Waals surface area contributed by atoms with Gasteiger partial charge in [-0.25, -0.2) is 4.98 Å². The first kappa shape index (κ1) is 10.6. The van der Waals surface area contributed by atoms with Gasteiger partial charge in [-0.3, -0.25) is 0 Å². The first-order chi connectivity index (χ1) is 7.68. The summed E-state index contributed by atoms with van der Waals surface area (Å²) in [5, 5.41) is 0. The van der Waals surface area contributed by atoms with Crippen molar-refractivity contribution in [2.24, 2.45) is 5.73 Å². The monoisotopic (exact) mass is 213 g/mol. The summed E-state index contributed by atoms with van der Waals surface area (Å²) >= 11 is 0. The van der Waals surface area contributed by atoms with Crippen LogP contribution in [0.2, 0.25) is 0 Å². The van der Waals surface area contributed by atoms with Gasteiger partial charge in [-0.1, -0.05) is 30.3 Å². The summed E-state index contributed by atoms with van der Waals surface area (Å²) in [6, 6.07) is 11.7. The van der Waals surface area contributed by atoms with Gasteiger partial charge in [-0.15, -0.1) is 0 Å². The number of rotatable bonds is 2. The minimum Gasteiger partial charge on any atom is -0.383 e. The molecule has 0 aliphatic carbocycles. The molecule has 0 spiro atoms. The summed E-state index contributed by atoms with van der Waals surface area (Å²) < 4.78 is 0. The molecule has 1 aromatic heterocycles. The Balaban J connectivity index is 2.41. The molecule has 0 amide bonds. The van der Waals surface area contributed by atoms with E-state index in [1.807, 2.05) is 43.3 Å². The van der Waals surface area contributed by atoms with Crippen LogP contribution in [0.25, 0.3) is 0 Å². The average molecular weight is 213 g/mol. The van der Waals surface area contributed by atoms with Gasteiger partial charge in [0.15, 0.2) is 0 Å². The lowest BCUT2D eigenvalue weighted by Gasteiger charge is -2.14. The van der Waals surface area contributed by atoms with Gasteiger partial charge >= 0.3 is 0 Å². The van der Waals surface area contributed by atoms with Gasteiger partial charge < -0.3 is 11.5 Å². The van der Waals surface area contributed by atoms with E-state index in [9.17, 15) is 0 Å². The smallest absolute Gasteiger partial charge is 0.128 e. The lowest BCUT2D eigenvalue weighted by Crippen LogP contribution is -2.14. The van der Waals surface area contributed by atoms with E-state index in [1.165, 1.54) is 0 Å². The van der Waals surface area contributed by atoms with E-state index in [1.54, 1.807) is 6.20 Å². The van der Waals surface area contributed by atoms with Gasteiger partial charge in [-0.2, -0.15) is 0 Å². The predicted octanol–water partition coefficient (Wildman–Crippen LogP) is 2.02. The Kier molecular flexibility index (Phi) is 2.88. The predicted molar refractivity (Wildman–Crippen MR) is 65.9 cm³/mol. The van der Waals surface area contributed by atoms with Crippen molar-refractivity contribution < 1.29 is 0 Å². The van der Waals surface area contributed by atoms with E-state index in [0.717, 1.165) is 16.7 Å². The highest BCUT2D eigenvalue weighted by Crippen LogP contribution is 2.23. The minimum absolute atomic E-state index is 0.214. The Morgan fingerprint density at radius 1 is 1.19 bits per heavy atom. The molecule has 3 heteroatoms. The second-order valence-electron chi connectivity index (χ2n) is 3.88. The van der Waals surface area contributed by atoms with Crippen molar-refractivity contribution in [2.45, 2.75) is 13.0 Å². The van der Waals surface area contributed by atoms with Crippen LogP contribution in [0, 0.1) is 6.92 Å². The topological polar surface area (TPSA) is 64.9 Å². The molecule has 0 saturated carbocycles. The number of hydrogen-bond acceptors (Lipinski definition) is 3. The molecule has 0 saturated heterocycles. The highest BCUT2D eigenvalue weighted by molar-refractivity contribution is 5.46. The maximum atomic E-state index is 6.17. The molecule has 0 radical (unpaired) electrons. The summed E-state index contributed by atoms with van der Waals surface area (Å²) in [6.07, 6.45) is 1.75. The fraction of sp³-hybridized carbons (Fsp3) is 0.154. The van der Waals surface area contributed by atoms with E-state index < -0.39 is 0 Å². The van der Waals surface area contributed by atoms with Crippen molar-refractivity contribution >= 4 is 5.82 Å². The molecule has 3 nitrogen and oxygen atoms in total. The third-order valence-corrected chi connectivity index (χ3v) is 2.58. The molecule has 2 aromatic rings. The molecule has 1 atom stereocenters. The number of pyridine rings is 1. The lowest BCUT2D eigenvalue weighted by atomic mass is 9.99. The number of aromatic nitrogens is 1. The highest BCUT2D eigenvalue weighted by atomic mass is 14.8. The van der Waals surface area contributed by atoms with Crippen LogP contribution in [0.3, 0.4) is 0 Å². The number of benzene rings is 1. The largest absolute Gasteiger partial charge is 0.383 e. The molecule has 2 rings (SSSR count). The molecule has 16 heavy (non-hydrogen) atoms. The zero-order chi connectivity index (χ0) is 11.5. The van der Waals surface area contributed by atoms with E-state index >= 15 is 0 Å². The Hall–Kier alpha value is -1.87. The van der Waals surface area contributed by atoms with E-state index in [2.05, 4.69) is 4.98 Å². The number of nitrogens with two attached hydrogens (primary N) is 2. The third kappa shape index (κ3) is 2.04. The van der Waals surface area contributed by atoms with Crippen molar-refractivity contribution in [2.75, 3.05) is 5.73 Å². The van der Waals surface area contributed by atoms with E-state index in [4.69, 9.17) is 11.5 Å². The zero-order valence-corrected chi connectivity index (χ0v) is 9.22. The fourth-order valence-corrected chi connectivity index (χ4v) is 1.69. The van der Waals surface area contributed by atoms with Crippen molar-refractivity contribution in [3.05, 3.63) is 59.3 Å². The molecule has 0 fully saturated rings. The van der Waals surface area contributed by atoms with E-state index in [-0.39, 0.29) is 6.04 Å². The number of hydrogen-bond donors (Lipinski definition) is 2. The summed E-state index contributed by atoms with van der Waals surface area (Å²) in [5.74, 6) is 0.502. The number of nitrogens with zero attached hydrogens (tertiary/aromatic N) is 1. The molecule has 1 unspecified atom stereocenters. The zero-order valence-electron chi connectivity index (χ0n) is 9.22. The summed E-state index contributed by atoms with van der Waals surface area (Å²) in [6.45, 7) is 1.98. The molecule has 1 aromatic carbocycles. The van der Waals surface area contributed by atoms with E-state index in [0.29, 0.717) is 5.82 Å². The molecule has 82 valence electrons. The molecule has 0 aliphatic rings. The molecule has 1 heterocycles. The molecule has 4 N–H and O–H groups in total. The number of aryl methyl sites for hydroxylation is 1. The quantitative estimate of drug-likeness (QED) is 0.802. The fourth-order valence-electron chi connectivity index (χ4n) is 1.69. The van der Waals surface area contributed by atoms with Gasteiger partial charge in [0.1, 0.15) is 5.82 Å². The normalized spacial score (nSPS) is 12.4. The Morgan fingerprint density at radius 2 is 1.88 bits per heavy atom. The molecular formula is C13H15N3. The summed E-state index contributed by atoms with van der Waals surface area (Å²) in [7, 11) is 0. The Morgan fingerprint density at radius 3 is 2.56 bits per heavy atom.